The molecule has 0 aromatic carbocycles. The van der Waals surface area contributed by atoms with E-state index < -0.39 is 0 Å². The molecule has 0 aliphatic heterocycles. The van der Waals surface area contributed by atoms with Gasteiger partial charge in [0, 0.05) is 24.5 Å². The average Bonchev–Trinajstić information content (AvgIpc) is 2.95. The van der Waals surface area contributed by atoms with Gasteiger partial charge in [0.05, 0.1) is 11.4 Å². The Bertz CT molecular complexity index is 459. The van der Waals surface area contributed by atoms with Crippen molar-refractivity contribution >= 4 is 11.3 Å². The minimum Gasteiger partial charge on any atom is -0.304 e. The monoisotopic (exact) mass is 249 g/mol. The highest BCUT2D eigenvalue weighted by Gasteiger charge is 2.08. The Hall–Kier alpha value is -1.13. The predicted octanol–water partition coefficient (Wildman–Crippen LogP) is 2.89. The molecule has 0 amide bonds. The molecule has 2 aromatic rings. The highest BCUT2D eigenvalue weighted by molar-refractivity contribution is 7.10. The first kappa shape index (κ1) is 12.3. The Balaban J connectivity index is 1.95. The third-order valence-corrected chi connectivity index (χ3v) is 4.00. The number of nitrogens with one attached hydrogen (secondary N) is 1. The van der Waals surface area contributed by atoms with E-state index in [1.165, 1.54) is 10.6 Å². The molecule has 92 valence electrons. The van der Waals surface area contributed by atoms with Gasteiger partial charge in [0.15, 0.2) is 0 Å². The largest absolute Gasteiger partial charge is 0.304 e. The van der Waals surface area contributed by atoms with E-state index in [0.29, 0.717) is 6.04 Å². The predicted molar refractivity (Wildman–Crippen MR) is 72.2 cm³/mol. The Morgan fingerprint density at radius 1 is 1.53 bits per heavy atom. The number of hydrogen-bond acceptors (Lipinski definition) is 3. The van der Waals surface area contributed by atoms with Gasteiger partial charge in [-0.25, -0.2) is 0 Å². The number of nitrogens with zero attached hydrogens (tertiary/aromatic N) is 2. The molecule has 0 aliphatic rings. The molecule has 4 heteroatoms. The first-order valence-electron chi connectivity index (χ1n) is 5.99. The normalized spacial score (nSPS) is 12.9. The topological polar surface area (TPSA) is 29.9 Å². The van der Waals surface area contributed by atoms with Gasteiger partial charge in [-0.15, -0.1) is 11.3 Å². The number of aromatic nitrogens is 2. The highest BCUT2D eigenvalue weighted by Crippen LogP contribution is 2.18. The van der Waals surface area contributed by atoms with Crippen LogP contribution in [0.15, 0.2) is 23.6 Å². The maximum Gasteiger partial charge on any atom is 0.0625 e. The number of hydrogen-bond donors (Lipinski definition) is 1. The van der Waals surface area contributed by atoms with Gasteiger partial charge in [0.1, 0.15) is 0 Å². The standard InChI is InChI=1S/C13H19N3S/c1-4-11-8-12(16(3)15-11)9-14-10(2)13-6-5-7-17-13/h5-8,10,14H,4,9H2,1-3H3/t10-/m0/s1. The van der Waals surface area contributed by atoms with Crippen molar-refractivity contribution in [1.29, 1.82) is 0 Å². The van der Waals surface area contributed by atoms with Crippen LogP contribution in [0.3, 0.4) is 0 Å². The summed E-state index contributed by atoms with van der Waals surface area (Å²) in [6.45, 7) is 5.19. The first-order valence-corrected chi connectivity index (χ1v) is 6.87. The van der Waals surface area contributed by atoms with Crippen LogP contribution in [0.25, 0.3) is 0 Å². The molecule has 2 rings (SSSR count). The molecule has 0 spiro atoms. The van der Waals surface area contributed by atoms with Crippen molar-refractivity contribution in [2.75, 3.05) is 0 Å². The summed E-state index contributed by atoms with van der Waals surface area (Å²) in [4.78, 5) is 1.38. The van der Waals surface area contributed by atoms with Crippen LogP contribution in [-0.2, 0) is 20.0 Å². The van der Waals surface area contributed by atoms with Crippen LogP contribution in [0.2, 0.25) is 0 Å². The molecule has 0 saturated carbocycles. The summed E-state index contributed by atoms with van der Waals surface area (Å²) in [6, 6.07) is 6.84. The molecule has 1 N–H and O–H groups in total. The van der Waals surface area contributed by atoms with E-state index in [4.69, 9.17) is 0 Å². The second-order valence-electron chi connectivity index (χ2n) is 4.22. The minimum atomic E-state index is 0.398. The summed E-state index contributed by atoms with van der Waals surface area (Å²) >= 11 is 1.80. The first-order chi connectivity index (χ1) is 8.20. The fourth-order valence-electron chi connectivity index (χ4n) is 1.81. The summed E-state index contributed by atoms with van der Waals surface area (Å²) in [5.41, 5.74) is 2.40. The lowest BCUT2D eigenvalue weighted by Crippen LogP contribution is -2.18. The van der Waals surface area contributed by atoms with Gasteiger partial charge in [0.25, 0.3) is 0 Å². The zero-order valence-electron chi connectivity index (χ0n) is 10.6. The molecule has 0 bridgehead atoms. The molecular formula is C13H19N3S. The van der Waals surface area contributed by atoms with Crippen molar-refractivity contribution in [2.45, 2.75) is 32.9 Å². The average molecular weight is 249 g/mol. The van der Waals surface area contributed by atoms with Crippen LogP contribution in [0.4, 0.5) is 0 Å². The lowest BCUT2D eigenvalue weighted by atomic mass is 10.2. The lowest BCUT2D eigenvalue weighted by Gasteiger charge is -2.11. The second-order valence-corrected chi connectivity index (χ2v) is 5.20. The third-order valence-electron chi connectivity index (χ3n) is 2.95. The summed E-state index contributed by atoms with van der Waals surface area (Å²) in [7, 11) is 2.01. The molecular weight excluding hydrogens is 230 g/mol. The maximum atomic E-state index is 4.45. The lowest BCUT2D eigenvalue weighted by molar-refractivity contribution is 0.554. The third kappa shape index (κ3) is 2.96. The molecule has 17 heavy (non-hydrogen) atoms. The fraction of sp³-hybridized carbons (Fsp3) is 0.462. The molecule has 2 aromatic heterocycles. The number of aryl methyl sites for hydroxylation is 2. The van der Waals surface area contributed by atoms with E-state index in [9.17, 15) is 0 Å². The van der Waals surface area contributed by atoms with Crippen molar-refractivity contribution < 1.29 is 0 Å². The zero-order valence-corrected chi connectivity index (χ0v) is 11.4. The van der Waals surface area contributed by atoms with Gasteiger partial charge in [-0.1, -0.05) is 13.0 Å². The highest BCUT2D eigenvalue weighted by atomic mass is 32.1. The SMILES string of the molecule is CCc1cc(CN[C@@H](C)c2cccs2)n(C)n1. The Morgan fingerprint density at radius 2 is 2.35 bits per heavy atom. The molecule has 0 fully saturated rings. The summed E-state index contributed by atoms with van der Waals surface area (Å²) in [5.74, 6) is 0. The Kier molecular flexibility index (Phi) is 3.97. The molecule has 0 radical (unpaired) electrons. The van der Waals surface area contributed by atoms with Crippen molar-refractivity contribution in [3.05, 3.63) is 39.8 Å². The smallest absolute Gasteiger partial charge is 0.0625 e. The Labute approximate surface area is 106 Å². The van der Waals surface area contributed by atoms with Crippen LogP contribution in [0.1, 0.15) is 36.2 Å². The van der Waals surface area contributed by atoms with Crippen LogP contribution < -0.4 is 5.32 Å². The molecule has 1 atom stereocenters. The van der Waals surface area contributed by atoms with Gasteiger partial charge in [-0.2, -0.15) is 5.10 Å². The number of thiophene rings is 1. The van der Waals surface area contributed by atoms with Crippen molar-refractivity contribution in [3.63, 3.8) is 0 Å². The Morgan fingerprint density at radius 3 is 2.94 bits per heavy atom. The summed E-state index contributed by atoms with van der Waals surface area (Å²) in [5, 5.41) is 10.1. The van der Waals surface area contributed by atoms with Crippen molar-refractivity contribution in [3.8, 4) is 0 Å². The fourth-order valence-corrected chi connectivity index (χ4v) is 2.56. The van der Waals surface area contributed by atoms with Gasteiger partial charge < -0.3 is 5.32 Å². The van der Waals surface area contributed by atoms with Gasteiger partial charge in [-0.3, -0.25) is 4.68 Å². The van der Waals surface area contributed by atoms with E-state index in [1.54, 1.807) is 11.3 Å². The number of rotatable bonds is 5. The van der Waals surface area contributed by atoms with Crippen LogP contribution in [-0.4, -0.2) is 9.78 Å². The van der Waals surface area contributed by atoms with E-state index in [0.717, 1.165) is 18.7 Å². The van der Waals surface area contributed by atoms with E-state index in [2.05, 4.69) is 47.8 Å². The van der Waals surface area contributed by atoms with Crippen molar-refractivity contribution in [1.82, 2.24) is 15.1 Å². The minimum absolute atomic E-state index is 0.398. The van der Waals surface area contributed by atoms with Gasteiger partial charge >= 0.3 is 0 Å². The van der Waals surface area contributed by atoms with E-state index >= 15 is 0 Å². The van der Waals surface area contributed by atoms with Gasteiger partial charge in [-0.05, 0) is 30.9 Å². The van der Waals surface area contributed by atoms with Crippen LogP contribution in [0, 0.1) is 0 Å². The summed E-state index contributed by atoms with van der Waals surface area (Å²) < 4.78 is 1.97. The molecule has 3 nitrogen and oxygen atoms in total. The van der Waals surface area contributed by atoms with E-state index in [1.807, 2.05) is 11.7 Å². The zero-order chi connectivity index (χ0) is 12.3. The van der Waals surface area contributed by atoms with Crippen molar-refractivity contribution in [2.24, 2.45) is 7.05 Å². The van der Waals surface area contributed by atoms with Crippen LogP contribution >= 0.6 is 11.3 Å². The van der Waals surface area contributed by atoms with Crippen LogP contribution in [0.5, 0.6) is 0 Å². The second kappa shape index (κ2) is 5.47. The molecule has 0 aliphatic carbocycles. The molecule has 0 unspecified atom stereocenters. The van der Waals surface area contributed by atoms with Gasteiger partial charge in [0.2, 0.25) is 0 Å². The van der Waals surface area contributed by atoms with E-state index in [-0.39, 0.29) is 0 Å². The summed E-state index contributed by atoms with van der Waals surface area (Å²) in [6.07, 6.45) is 0.994. The molecule has 2 heterocycles. The maximum absolute atomic E-state index is 4.45. The molecule has 0 saturated heterocycles. The quantitative estimate of drug-likeness (QED) is 0.883.